The predicted octanol–water partition coefficient (Wildman–Crippen LogP) is 3.94. The van der Waals surface area contributed by atoms with E-state index >= 15 is 0 Å². The summed E-state index contributed by atoms with van der Waals surface area (Å²) in [4.78, 5) is 4.37. The standard InChI is InChI=1S/C23H31BrN2O3/c1-25(2)20-9-5-18(6-10-20)14-26(16-23-4-3-13-28-23)15-21(27)17-29-22-11-7-19(24)8-12-22/h5-12,21,23,27H,3-4,13-17H2,1-2H3. The van der Waals surface area contributed by atoms with Gasteiger partial charge in [0.15, 0.2) is 0 Å². The Morgan fingerprint density at radius 2 is 1.86 bits per heavy atom. The van der Waals surface area contributed by atoms with Gasteiger partial charge >= 0.3 is 0 Å². The molecule has 0 aromatic heterocycles. The van der Waals surface area contributed by atoms with Crippen molar-refractivity contribution >= 4 is 21.6 Å². The molecule has 158 valence electrons. The van der Waals surface area contributed by atoms with Gasteiger partial charge in [0.25, 0.3) is 0 Å². The summed E-state index contributed by atoms with van der Waals surface area (Å²) in [5, 5.41) is 10.6. The van der Waals surface area contributed by atoms with Gasteiger partial charge in [-0.15, -0.1) is 0 Å². The zero-order valence-corrected chi connectivity index (χ0v) is 18.8. The van der Waals surface area contributed by atoms with Crippen molar-refractivity contribution in [3.05, 3.63) is 58.6 Å². The minimum absolute atomic E-state index is 0.246. The molecule has 0 bridgehead atoms. The smallest absolute Gasteiger partial charge is 0.119 e. The number of ether oxygens (including phenoxy) is 2. The largest absolute Gasteiger partial charge is 0.491 e. The van der Waals surface area contributed by atoms with Gasteiger partial charge in [-0.05, 0) is 54.8 Å². The first-order chi connectivity index (χ1) is 14.0. The molecule has 1 saturated heterocycles. The maximum Gasteiger partial charge on any atom is 0.119 e. The number of hydrogen-bond acceptors (Lipinski definition) is 5. The van der Waals surface area contributed by atoms with Gasteiger partial charge in [0, 0.05) is 50.5 Å². The predicted molar refractivity (Wildman–Crippen MR) is 121 cm³/mol. The molecule has 1 heterocycles. The fourth-order valence-corrected chi connectivity index (χ4v) is 3.78. The van der Waals surface area contributed by atoms with Gasteiger partial charge in [0.05, 0.1) is 6.10 Å². The maximum atomic E-state index is 10.6. The molecule has 5 nitrogen and oxygen atoms in total. The lowest BCUT2D eigenvalue weighted by Gasteiger charge is -2.27. The Balaban J connectivity index is 1.57. The van der Waals surface area contributed by atoms with E-state index in [1.165, 1.54) is 11.3 Å². The van der Waals surface area contributed by atoms with Crippen molar-refractivity contribution in [3.63, 3.8) is 0 Å². The van der Waals surface area contributed by atoms with Gasteiger partial charge in [-0.2, -0.15) is 0 Å². The lowest BCUT2D eigenvalue weighted by Crippen LogP contribution is -2.39. The normalized spacial score (nSPS) is 17.5. The Labute approximate surface area is 182 Å². The second-order valence-corrected chi connectivity index (χ2v) is 8.72. The van der Waals surface area contributed by atoms with Gasteiger partial charge in [-0.25, -0.2) is 0 Å². The average Bonchev–Trinajstić information content (AvgIpc) is 3.21. The van der Waals surface area contributed by atoms with Gasteiger partial charge in [-0.1, -0.05) is 28.1 Å². The molecule has 0 spiro atoms. The van der Waals surface area contributed by atoms with E-state index in [-0.39, 0.29) is 12.7 Å². The molecule has 0 saturated carbocycles. The molecule has 2 unspecified atom stereocenters. The molecule has 1 N–H and O–H groups in total. The number of aliphatic hydroxyl groups is 1. The van der Waals surface area contributed by atoms with Crippen LogP contribution in [0.5, 0.6) is 5.75 Å². The second-order valence-electron chi connectivity index (χ2n) is 7.81. The Morgan fingerprint density at radius 3 is 2.48 bits per heavy atom. The van der Waals surface area contributed by atoms with E-state index in [1.54, 1.807) is 0 Å². The number of aliphatic hydroxyl groups excluding tert-OH is 1. The molecule has 1 aliphatic heterocycles. The summed E-state index contributed by atoms with van der Waals surface area (Å²) in [5.74, 6) is 0.761. The molecule has 2 aromatic rings. The second kappa shape index (κ2) is 11.0. The van der Waals surface area contributed by atoms with Gasteiger partial charge in [0.2, 0.25) is 0 Å². The molecular weight excluding hydrogens is 432 g/mol. The number of benzene rings is 2. The van der Waals surface area contributed by atoms with Gasteiger partial charge in [-0.3, -0.25) is 4.90 Å². The van der Waals surface area contributed by atoms with Crippen LogP contribution in [0.1, 0.15) is 18.4 Å². The summed E-state index contributed by atoms with van der Waals surface area (Å²) in [7, 11) is 4.08. The molecule has 3 rings (SSSR count). The molecule has 2 aromatic carbocycles. The molecule has 0 aliphatic carbocycles. The van der Waals surface area contributed by atoms with Gasteiger partial charge < -0.3 is 19.5 Å². The molecular formula is C23H31BrN2O3. The summed E-state index contributed by atoms with van der Waals surface area (Å²) in [6.45, 7) is 3.26. The van der Waals surface area contributed by atoms with Gasteiger partial charge in [0.1, 0.15) is 18.5 Å². The minimum atomic E-state index is -0.568. The fraction of sp³-hybridized carbons (Fsp3) is 0.478. The van der Waals surface area contributed by atoms with Crippen molar-refractivity contribution in [1.29, 1.82) is 0 Å². The van der Waals surface area contributed by atoms with Crippen LogP contribution in [0.15, 0.2) is 53.0 Å². The summed E-state index contributed by atoms with van der Waals surface area (Å²) in [6, 6.07) is 16.2. The quantitative estimate of drug-likeness (QED) is 0.579. The topological polar surface area (TPSA) is 45.2 Å². The Morgan fingerprint density at radius 1 is 1.14 bits per heavy atom. The van der Waals surface area contributed by atoms with Crippen LogP contribution in [0.2, 0.25) is 0 Å². The Kier molecular flexibility index (Phi) is 8.36. The zero-order valence-electron chi connectivity index (χ0n) is 17.3. The summed E-state index contributed by atoms with van der Waals surface area (Å²) in [6.07, 6.45) is 1.88. The number of halogens is 1. The SMILES string of the molecule is CN(C)c1ccc(CN(CC(O)COc2ccc(Br)cc2)CC2CCCO2)cc1. The summed E-state index contributed by atoms with van der Waals surface area (Å²) >= 11 is 3.42. The monoisotopic (exact) mass is 462 g/mol. The van der Waals surface area contributed by atoms with Crippen LogP contribution in [0, 0.1) is 0 Å². The Hall–Kier alpha value is -1.60. The minimum Gasteiger partial charge on any atom is -0.491 e. The highest BCUT2D eigenvalue weighted by molar-refractivity contribution is 9.10. The first kappa shape index (κ1) is 22.1. The van der Waals surface area contributed by atoms with Crippen LogP contribution in [-0.4, -0.2) is 62.6 Å². The van der Waals surface area contributed by atoms with Crippen LogP contribution < -0.4 is 9.64 Å². The highest BCUT2D eigenvalue weighted by Crippen LogP contribution is 2.19. The number of hydrogen-bond donors (Lipinski definition) is 1. The van der Waals surface area contributed by atoms with E-state index in [0.29, 0.717) is 6.54 Å². The first-order valence-corrected chi connectivity index (χ1v) is 11.0. The summed E-state index contributed by atoms with van der Waals surface area (Å²) < 4.78 is 12.6. The lowest BCUT2D eigenvalue weighted by molar-refractivity contribution is 0.0313. The van der Waals surface area contributed by atoms with Crippen molar-refractivity contribution in [1.82, 2.24) is 4.90 Å². The van der Waals surface area contributed by atoms with Crippen LogP contribution in [0.25, 0.3) is 0 Å². The van der Waals surface area contributed by atoms with Crippen molar-refractivity contribution in [2.75, 3.05) is 45.3 Å². The third kappa shape index (κ3) is 7.30. The van der Waals surface area contributed by atoms with Crippen LogP contribution in [-0.2, 0) is 11.3 Å². The lowest BCUT2D eigenvalue weighted by atomic mass is 10.1. The van der Waals surface area contributed by atoms with E-state index in [0.717, 1.165) is 42.8 Å². The molecule has 1 fully saturated rings. The van der Waals surface area contributed by atoms with E-state index in [4.69, 9.17) is 9.47 Å². The molecule has 0 radical (unpaired) electrons. The third-order valence-corrected chi connectivity index (χ3v) is 5.60. The number of anilines is 1. The van der Waals surface area contributed by atoms with Crippen molar-refractivity contribution < 1.29 is 14.6 Å². The summed E-state index contributed by atoms with van der Waals surface area (Å²) in [5.41, 5.74) is 2.41. The van der Waals surface area contributed by atoms with E-state index < -0.39 is 6.10 Å². The molecule has 2 atom stereocenters. The highest BCUT2D eigenvalue weighted by atomic mass is 79.9. The van der Waals surface area contributed by atoms with E-state index in [9.17, 15) is 5.11 Å². The highest BCUT2D eigenvalue weighted by Gasteiger charge is 2.21. The average molecular weight is 463 g/mol. The number of nitrogens with zero attached hydrogens (tertiary/aromatic N) is 2. The van der Waals surface area contributed by atoms with E-state index in [2.05, 4.69) is 50.0 Å². The molecule has 0 amide bonds. The molecule has 6 heteroatoms. The van der Waals surface area contributed by atoms with Crippen LogP contribution in [0.4, 0.5) is 5.69 Å². The number of rotatable bonds is 10. The van der Waals surface area contributed by atoms with Crippen molar-refractivity contribution in [2.24, 2.45) is 0 Å². The van der Waals surface area contributed by atoms with Crippen molar-refractivity contribution in [2.45, 2.75) is 31.6 Å². The molecule has 1 aliphatic rings. The first-order valence-electron chi connectivity index (χ1n) is 10.2. The van der Waals surface area contributed by atoms with E-state index in [1.807, 2.05) is 38.4 Å². The third-order valence-electron chi connectivity index (χ3n) is 5.07. The fourth-order valence-electron chi connectivity index (χ4n) is 3.51. The van der Waals surface area contributed by atoms with Crippen LogP contribution >= 0.6 is 15.9 Å². The molecule has 29 heavy (non-hydrogen) atoms. The Bertz CT molecular complexity index is 731. The maximum absolute atomic E-state index is 10.6. The van der Waals surface area contributed by atoms with Crippen LogP contribution in [0.3, 0.4) is 0 Å². The zero-order chi connectivity index (χ0) is 20.6. The van der Waals surface area contributed by atoms with Crippen molar-refractivity contribution in [3.8, 4) is 5.75 Å².